The Hall–Kier alpha value is -2.26. The molecule has 1 aliphatic rings. The number of para-hydroxylation sites is 1. The maximum Gasteiger partial charge on any atom is 0.573 e. The van der Waals surface area contributed by atoms with Crippen LogP contribution in [0.3, 0.4) is 0 Å². The van der Waals surface area contributed by atoms with E-state index in [2.05, 4.69) is 20.5 Å². The third kappa shape index (κ3) is 4.92. The van der Waals surface area contributed by atoms with Crippen LogP contribution in [0.15, 0.2) is 42.7 Å². The molecule has 1 aliphatic heterocycles. The Bertz CT molecular complexity index is 747. The first-order valence-electron chi connectivity index (χ1n) is 8.23. The van der Waals surface area contributed by atoms with Crippen molar-refractivity contribution in [3.8, 4) is 5.75 Å². The van der Waals surface area contributed by atoms with Crippen molar-refractivity contribution < 1.29 is 22.7 Å². The number of piperidine rings is 1. The fraction of sp³-hybridized carbons (Fsp3) is 0.412. The third-order valence-corrected chi connectivity index (χ3v) is 4.43. The van der Waals surface area contributed by atoms with Crippen LogP contribution in [-0.2, 0) is 16.9 Å². The summed E-state index contributed by atoms with van der Waals surface area (Å²) >= 11 is 0. The van der Waals surface area contributed by atoms with Crippen LogP contribution in [0.1, 0.15) is 18.4 Å². The van der Waals surface area contributed by atoms with Gasteiger partial charge in [-0.1, -0.05) is 18.2 Å². The Morgan fingerprint density at radius 2 is 1.96 bits per heavy atom. The highest BCUT2D eigenvalue weighted by atomic mass is 35.5. The number of halogens is 4. The zero-order valence-corrected chi connectivity index (χ0v) is 15.1. The van der Waals surface area contributed by atoms with Gasteiger partial charge < -0.3 is 15.4 Å². The highest BCUT2D eigenvalue weighted by Gasteiger charge is 2.42. The maximum atomic E-state index is 12.9. The van der Waals surface area contributed by atoms with Crippen molar-refractivity contribution in [3.63, 3.8) is 0 Å². The minimum atomic E-state index is -4.79. The van der Waals surface area contributed by atoms with Crippen LogP contribution in [0.2, 0.25) is 0 Å². The number of nitrogens with one attached hydrogen (secondary N) is 2. The topological polar surface area (TPSA) is 68.2 Å². The van der Waals surface area contributed by atoms with Crippen LogP contribution in [0.4, 0.5) is 13.2 Å². The summed E-state index contributed by atoms with van der Waals surface area (Å²) in [5.41, 5.74) is -0.600. The van der Waals surface area contributed by atoms with Crippen LogP contribution in [0.25, 0.3) is 0 Å². The summed E-state index contributed by atoms with van der Waals surface area (Å²) in [6, 6.07) is 7.50. The Kier molecular flexibility index (Phi) is 6.72. The van der Waals surface area contributed by atoms with Gasteiger partial charge in [-0.15, -0.1) is 25.6 Å². The van der Waals surface area contributed by atoms with E-state index in [-0.39, 0.29) is 36.2 Å². The van der Waals surface area contributed by atoms with E-state index in [4.69, 9.17) is 0 Å². The standard InChI is InChI=1S/C17H19F3N4O2.ClH/c18-17(19,20)26-14-5-2-1-4-13(14)12-22-15(25)16(6-9-21-10-7-16)24-11-3-8-23-24;/h1-5,8,11,21H,6-7,9-10,12H2,(H,22,25);1H. The number of carbonyl (C=O) groups is 1. The molecule has 1 fully saturated rings. The number of hydrogen-bond acceptors (Lipinski definition) is 4. The van der Waals surface area contributed by atoms with Gasteiger partial charge in [0.2, 0.25) is 5.91 Å². The van der Waals surface area contributed by atoms with Crippen molar-refractivity contribution in [2.75, 3.05) is 13.1 Å². The molecule has 27 heavy (non-hydrogen) atoms. The van der Waals surface area contributed by atoms with Crippen molar-refractivity contribution in [2.45, 2.75) is 31.3 Å². The summed E-state index contributed by atoms with van der Waals surface area (Å²) in [5, 5.41) is 10.2. The molecule has 0 saturated carbocycles. The van der Waals surface area contributed by atoms with E-state index in [9.17, 15) is 18.0 Å². The van der Waals surface area contributed by atoms with E-state index >= 15 is 0 Å². The molecule has 3 rings (SSSR count). The van der Waals surface area contributed by atoms with Crippen molar-refractivity contribution in [3.05, 3.63) is 48.3 Å². The Labute approximate surface area is 160 Å². The molecule has 0 spiro atoms. The molecule has 2 aromatic rings. The van der Waals surface area contributed by atoms with Gasteiger partial charge in [0, 0.05) is 24.5 Å². The zero-order valence-electron chi connectivity index (χ0n) is 14.3. The van der Waals surface area contributed by atoms with E-state index in [1.165, 1.54) is 18.2 Å². The van der Waals surface area contributed by atoms with Gasteiger partial charge in [0.15, 0.2) is 0 Å². The molecule has 6 nitrogen and oxygen atoms in total. The molecule has 148 valence electrons. The van der Waals surface area contributed by atoms with Gasteiger partial charge in [-0.3, -0.25) is 9.48 Å². The molecular weight excluding hydrogens is 385 g/mol. The zero-order chi connectivity index (χ0) is 18.6. The van der Waals surface area contributed by atoms with Crippen LogP contribution < -0.4 is 15.4 Å². The number of nitrogens with zero attached hydrogens (tertiary/aromatic N) is 2. The van der Waals surface area contributed by atoms with Gasteiger partial charge in [-0.05, 0) is 38.1 Å². The molecule has 0 radical (unpaired) electrons. The molecule has 1 saturated heterocycles. The van der Waals surface area contributed by atoms with Crippen LogP contribution in [-0.4, -0.2) is 35.1 Å². The SMILES string of the molecule is Cl.O=C(NCc1ccccc1OC(F)(F)F)C1(n2cccn2)CCNCC1. The van der Waals surface area contributed by atoms with Gasteiger partial charge in [-0.25, -0.2) is 0 Å². The number of rotatable bonds is 5. The molecular formula is C17H20ClF3N4O2. The lowest BCUT2D eigenvalue weighted by Gasteiger charge is -2.36. The molecule has 2 heterocycles. The monoisotopic (exact) mass is 404 g/mol. The Balaban J connectivity index is 0.00000261. The fourth-order valence-corrected chi connectivity index (χ4v) is 3.14. The first-order valence-corrected chi connectivity index (χ1v) is 8.23. The minimum absolute atomic E-state index is 0. The summed E-state index contributed by atoms with van der Waals surface area (Å²) in [6.07, 6.45) is -0.372. The molecule has 0 bridgehead atoms. The smallest absolute Gasteiger partial charge is 0.405 e. The highest BCUT2D eigenvalue weighted by molar-refractivity contribution is 5.85. The Morgan fingerprint density at radius 1 is 1.26 bits per heavy atom. The third-order valence-electron chi connectivity index (χ3n) is 4.43. The van der Waals surface area contributed by atoms with Crippen molar-refractivity contribution in [1.82, 2.24) is 20.4 Å². The molecule has 1 aromatic heterocycles. The van der Waals surface area contributed by atoms with Gasteiger partial charge in [-0.2, -0.15) is 5.10 Å². The number of alkyl halides is 3. The Morgan fingerprint density at radius 3 is 2.59 bits per heavy atom. The molecule has 10 heteroatoms. The second-order valence-electron chi connectivity index (χ2n) is 6.07. The van der Waals surface area contributed by atoms with E-state index in [1.807, 2.05) is 0 Å². The van der Waals surface area contributed by atoms with E-state index < -0.39 is 11.9 Å². The second kappa shape index (κ2) is 8.62. The average molecular weight is 405 g/mol. The lowest BCUT2D eigenvalue weighted by molar-refractivity contribution is -0.274. The van der Waals surface area contributed by atoms with Gasteiger partial charge in [0.25, 0.3) is 0 Å². The number of carbonyl (C=O) groups excluding carboxylic acids is 1. The van der Waals surface area contributed by atoms with E-state index in [0.717, 1.165) is 0 Å². The minimum Gasteiger partial charge on any atom is -0.405 e. The predicted molar refractivity (Wildman–Crippen MR) is 94.5 cm³/mol. The summed E-state index contributed by atoms with van der Waals surface area (Å²) in [5.74, 6) is -0.594. The average Bonchev–Trinajstić information content (AvgIpc) is 3.15. The number of amides is 1. The summed E-state index contributed by atoms with van der Waals surface area (Å²) in [4.78, 5) is 12.9. The second-order valence-corrected chi connectivity index (χ2v) is 6.07. The largest absolute Gasteiger partial charge is 0.573 e. The van der Waals surface area contributed by atoms with Crippen LogP contribution in [0, 0.1) is 0 Å². The molecule has 2 N–H and O–H groups in total. The number of benzene rings is 1. The first kappa shape index (κ1) is 21.0. The van der Waals surface area contributed by atoms with Crippen molar-refractivity contribution in [2.24, 2.45) is 0 Å². The summed E-state index contributed by atoms with van der Waals surface area (Å²) in [6.45, 7) is 1.24. The van der Waals surface area contributed by atoms with E-state index in [1.54, 1.807) is 29.2 Å². The lowest BCUT2D eigenvalue weighted by Crippen LogP contribution is -2.54. The van der Waals surface area contributed by atoms with Gasteiger partial charge in [0.1, 0.15) is 11.3 Å². The van der Waals surface area contributed by atoms with Crippen LogP contribution in [0.5, 0.6) is 5.75 Å². The molecule has 1 aromatic carbocycles. The van der Waals surface area contributed by atoms with Gasteiger partial charge in [0.05, 0.1) is 0 Å². The maximum absolute atomic E-state index is 12.9. The fourth-order valence-electron chi connectivity index (χ4n) is 3.14. The first-order chi connectivity index (χ1) is 12.4. The molecule has 0 aliphatic carbocycles. The number of ether oxygens (including phenoxy) is 1. The highest BCUT2D eigenvalue weighted by Crippen LogP contribution is 2.29. The van der Waals surface area contributed by atoms with Crippen molar-refractivity contribution in [1.29, 1.82) is 0 Å². The normalized spacial score (nSPS) is 16.3. The van der Waals surface area contributed by atoms with E-state index in [0.29, 0.717) is 25.9 Å². The molecule has 0 unspecified atom stereocenters. The van der Waals surface area contributed by atoms with Gasteiger partial charge >= 0.3 is 6.36 Å². The number of aromatic nitrogens is 2. The predicted octanol–water partition coefficient (Wildman–Crippen LogP) is 2.60. The van der Waals surface area contributed by atoms with Crippen molar-refractivity contribution >= 4 is 18.3 Å². The quantitative estimate of drug-likeness (QED) is 0.803. The van der Waals surface area contributed by atoms with Crippen LogP contribution >= 0.6 is 12.4 Å². The lowest BCUT2D eigenvalue weighted by atomic mass is 9.87. The number of hydrogen-bond donors (Lipinski definition) is 2. The summed E-state index contributed by atoms with van der Waals surface area (Å²) in [7, 11) is 0. The summed E-state index contributed by atoms with van der Waals surface area (Å²) < 4.78 is 43.2. The molecule has 1 amide bonds. The molecule has 0 atom stereocenters.